The fraction of sp³-hybridized carbons (Fsp3) is 0.429. The number of rotatable bonds is 4. The van der Waals surface area contributed by atoms with E-state index in [1.54, 1.807) is 11.3 Å². The predicted octanol–water partition coefficient (Wildman–Crippen LogP) is 3.43. The monoisotopic (exact) mass is 396 g/mol. The molecule has 28 heavy (non-hydrogen) atoms. The first kappa shape index (κ1) is 17.7. The molecule has 2 aliphatic heterocycles. The van der Waals surface area contributed by atoms with E-state index in [0.717, 1.165) is 53.9 Å². The Balaban J connectivity index is 1.17. The molecule has 1 amide bonds. The summed E-state index contributed by atoms with van der Waals surface area (Å²) < 4.78 is 6.21. The average molecular weight is 397 g/mol. The maximum Gasteiger partial charge on any atom is 0.227 e. The molecule has 7 heteroatoms. The summed E-state index contributed by atoms with van der Waals surface area (Å²) in [6.07, 6.45) is 7.02. The highest BCUT2D eigenvalue weighted by atomic mass is 32.1. The van der Waals surface area contributed by atoms with Gasteiger partial charge in [0.05, 0.1) is 24.7 Å². The molecule has 0 radical (unpaired) electrons. The molecule has 3 aromatic rings. The van der Waals surface area contributed by atoms with E-state index in [2.05, 4.69) is 21.4 Å². The molecule has 5 rings (SSSR count). The molecule has 2 aromatic heterocycles. The summed E-state index contributed by atoms with van der Waals surface area (Å²) in [6.45, 7) is 2.25. The number of benzene rings is 1. The quantitative estimate of drug-likeness (QED) is 0.709. The lowest BCUT2D eigenvalue weighted by Gasteiger charge is -2.38. The van der Waals surface area contributed by atoms with Crippen LogP contribution in [0.1, 0.15) is 24.8 Å². The summed E-state index contributed by atoms with van der Waals surface area (Å²) in [5.41, 5.74) is 2.07. The number of likely N-dealkylation sites (tertiary alicyclic amines) is 1. The van der Waals surface area contributed by atoms with E-state index in [4.69, 9.17) is 4.74 Å². The third kappa shape index (κ3) is 3.40. The number of nitrogens with one attached hydrogen (secondary N) is 2. The molecule has 146 valence electrons. The third-order valence-corrected chi connectivity index (χ3v) is 6.72. The normalized spacial score (nSPS) is 21.4. The molecule has 0 bridgehead atoms. The molecular weight excluding hydrogens is 372 g/mol. The van der Waals surface area contributed by atoms with Crippen molar-refractivity contribution in [2.75, 3.05) is 25.0 Å². The maximum atomic E-state index is 12.8. The van der Waals surface area contributed by atoms with E-state index in [1.807, 2.05) is 40.9 Å². The second-order valence-electron chi connectivity index (χ2n) is 7.79. The highest BCUT2D eigenvalue weighted by Gasteiger charge is 2.43. The number of fused-ring (bicyclic) bond motifs is 1. The Morgan fingerprint density at radius 1 is 1.36 bits per heavy atom. The largest absolute Gasteiger partial charge is 0.373 e. The van der Waals surface area contributed by atoms with Crippen molar-refractivity contribution in [3.8, 4) is 0 Å². The Hall–Kier alpha value is -2.38. The van der Waals surface area contributed by atoms with Crippen LogP contribution in [0.5, 0.6) is 0 Å². The first-order chi connectivity index (χ1) is 13.7. The van der Waals surface area contributed by atoms with E-state index >= 15 is 0 Å². The van der Waals surface area contributed by atoms with Gasteiger partial charge in [-0.25, -0.2) is 4.98 Å². The molecule has 1 spiro atoms. The van der Waals surface area contributed by atoms with Crippen molar-refractivity contribution in [2.45, 2.75) is 37.3 Å². The number of nitrogens with zero attached hydrogens (tertiary/aromatic N) is 2. The standard InChI is InChI=1S/C21H24N4O2S/c26-19(11-15-13-23-18-4-2-1-3-17(15)18)25-8-5-21(6-9-25)12-16(14-27-21)24-20-22-7-10-28-20/h1-4,7,10,13,16,23H,5-6,8-9,11-12,14H2,(H,22,24)/t16-/m1/s1. The van der Waals surface area contributed by atoms with E-state index in [1.165, 1.54) is 0 Å². The van der Waals surface area contributed by atoms with Gasteiger partial charge in [-0.15, -0.1) is 11.3 Å². The van der Waals surface area contributed by atoms with Crippen molar-refractivity contribution in [3.63, 3.8) is 0 Å². The van der Waals surface area contributed by atoms with Crippen molar-refractivity contribution in [1.29, 1.82) is 0 Å². The van der Waals surface area contributed by atoms with E-state index in [0.29, 0.717) is 19.1 Å². The summed E-state index contributed by atoms with van der Waals surface area (Å²) in [5.74, 6) is 0.204. The molecule has 1 atom stereocenters. The number of aromatic nitrogens is 2. The first-order valence-corrected chi connectivity index (χ1v) is 10.7. The lowest BCUT2D eigenvalue weighted by molar-refractivity contribution is -0.135. The number of ether oxygens (including phenoxy) is 1. The maximum absolute atomic E-state index is 12.8. The fourth-order valence-electron chi connectivity index (χ4n) is 4.47. The number of para-hydroxylation sites is 1. The van der Waals surface area contributed by atoms with Crippen LogP contribution >= 0.6 is 11.3 Å². The summed E-state index contributed by atoms with van der Waals surface area (Å²) in [4.78, 5) is 22.4. The van der Waals surface area contributed by atoms with Crippen LogP contribution in [-0.4, -0.2) is 52.1 Å². The highest BCUT2D eigenvalue weighted by Crippen LogP contribution is 2.37. The number of thiazole rings is 1. The molecular formula is C21H24N4O2S. The first-order valence-electron chi connectivity index (χ1n) is 9.84. The summed E-state index contributed by atoms with van der Waals surface area (Å²) in [7, 11) is 0. The Bertz CT molecular complexity index is 960. The van der Waals surface area contributed by atoms with Crippen LogP contribution in [0.25, 0.3) is 10.9 Å². The van der Waals surface area contributed by atoms with Gasteiger partial charge in [-0.3, -0.25) is 4.79 Å². The van der Waals surface area contributed by atoms with Crippen LogP contribution in [0.2, 0.25) is 0 Å². The van der Waals surface area contributed by atoms with Gasteiger partial charge >= 0.3 is 0 Å². The molecule has 2 aliphatic rings. The zero-order valence-electron chi connectivity index (χ0n) is 15.7. The number of anilines is 1. The lowest BCUT2D eigenvalue weighted by Crippen LogP contribution is -2.47. The minimum atomic E-state index is -0.0908. The number of hydrogen-bond acceptors (Lipinski definition) is 5. The lowest BCUT2D eigenvalue weighted by atomic mass is 9.87. The predicted molar refractivity (Wildman–Crippen MR) is 111 cm³/mol. The van der Waals surface area contributed by atoms with Gasteiger partial charge in [0.1, 0.15) is 0 Å². The van der Waals surface area contributed by atoms with Crippen LogP contribution in [-0.2, 0) is 16.0 Å². The Morgan fingerprint density at radius 3 is 3.04 bits per heavy atom. The average Bonchev–Trinajstić information content (AvgIpc) is 3.45. The Labute approximate surface area is 167 Å². The molecule has 0 unspecified atom stereocenters. The van der Waals surface area contributed by atoms with Gasteiger partial charge in [0.2, 0.25) is 5.91 Å². The van der Waals surface area contributed by atoms with Gasteiger partial charge in [0.15, 0.2) is 5.13 Å². The molecule has 0 saturated carbocycles. The van der Waals surface area contributed by atoms with Crippen molar-refractivity contribution in [1.82, 2.24) is 14.9 Å². The van der Waals surface area contributed by atoms with Crippen LogP contribution in [0.4, 0.5) is 5.13 Å². The van der Waals surface area contributed by atoms with Gasteiger partial charge in [-0.2, -0.15) is 0 Å². The molecule has 1 aromatic carbocycles. The summed E-state index contributed by atoms with van der Waals surface area (Å²) in [6, 6.07) is 8.44. The fourth-order valence-corrected chi connectivity index (χ4v) is 5.08. The van der Waals surface area contributed by atoms with Crippen LogP contribution in [0.3, 0.4) is 0 Å². The van der Waals surface area contributed by atoms with Crippen LogP contribution in [0, 0.1) is 0 Å². The van der Waals surface area contributed by atoms with E-state index in [-0.39, 0.29) is 11.5 Å². The molecule has 0 aliphatic carbocycles. The minimum absolute atomic E-state index is 0.0908. The summed E-state index contributed by atoms with van der Waals surface area (Å²) in [5, 5.41) is 7.54. The molecule has 4 heterocycles. The molecule has 2 fully saturated rings. The summed E-state index contributed by atoms with van der Waals surface area (Å²) >= 11 is 1.62. The number of amides is 1. The number of piperidine rings is 1. The zero-order chi connectivity index (χ0) is 19.0. The molecule has 2 saturated heterocycles. The van der Waals surface area contributed by atoms with Crippen molar-refractivity contribution >= 4 is 33.3 Å². The smallest absolute Gasteiger partial charge is 0.227 e. The molecule has 6 nitrogen and oxygen atoms in total. The van der Waals surface area contributed by atoms with Gasteiger partial charge in [0, 0.05) is 41.8 Å². The number of carbonyl (C=O) groups is 1. The van der Waals surface area contributed by atoms with Gasteiger partial charge in [-0.1, -0.05) is 18.2 Å². The van der Waals surface area contributed by atoms with Gasteiger partial charge in [0.25, 0.3) is 0 Å². The topological polar surface area (TPSA) is 70.2 Å². The van der Waals surface area contributed by atoms with Gasteiger partial charge < -0.3 is 19.9 Å². The van der Waals surface area contributed by atoms with E-state index in [9.17, 15) is 4.79 Å². The minimum Gasteiger partial charge on any atom is -0.373 e. The van der Waals surface area contributed by atoms with Gasteiger partial charge in [-0.05, 0) is 30.9 Å². The van der Waals surface area contributed by atoms with Crippen molar-refractivity contribution < 1.29 is 9.53 Å². The second-order valence-corrected chi connectivity index (χ2v) is 8.69. The number of carbonyl (C=O) groups excluding carboxylic acids is 1. The van der Waals surface area contributed by atoms with Crippen LogP contribution < -0.4 is 5.32 Å². The van der Waals surface area contributed by atoms with Crippen molar-refractivity contribution in [2.24, 2.45) is 0 Å². The third-order valence-electron chi connectivity index (χ3n) is 6.01. The number of H-pyrrole nitrogens is 1. The Morgan fingerprint density at radius 2 is 2.21 bits per heavy atom. The number of hydrogen-bond donors (Lipinski definition) is 2. The van der Waals surface area contributed by atoms with Crippen molar-refractivity contribution in [3.05, 3.63) is 47.6 Å². The zero-order valence-corrected chi connectivity index (χ0v) is 16.5. The SMILES string of the molecule is O=C(Cc1c[nH]c2ccccc12)N1CCC2(CC1)C[C@@H](Nc1nccs1)CO2. The second kappa shape index (κ2) is 7.22. The van der Waals surface area contributed by atoms with Crippen LogP contribution in [0.15, 0.2) is 42.0 Å². The highest BCUT2D eigenvalue weighted by molar-refractivity contribution is 7.13. The number of aromatic amines is 1. The Kier molecular flexibility index (Phi) is 4.56. The van der Waals surface area contributed by atoms with E-state index < -0.39 is 0 Å². The molecule has 2 N–H and O–H groups in total.